The Morgan fingerprint density at radius 2 is 1.27 bits per heavy atom. The third kappa shape index (κ3) is 1.25. The Labute approximate surface area is 107 Å². The summed E-state index contributed by atoms with van der Waals surface area (Å²) in [5, 5.41) is 1.68. The van der Waals surface area contributed by atoms with Crippen LogP contribution in [0.25, 0.3) is 0 Å². The molecule has 0 aromatic rings. The maximum absolute atomic E-state index is 5.84. The first-order valence-electron chi connectivity index (χ1n) is 4.27. The molecule has 2 saturated heterocycles. The van der Waals surface area contributed by atoms with Gasteiger partial charge in [-0.25, -0.2) is 0 Å². The summed E-state index contributed by atoms with van der Waals surface area (Å²) in [7, 11) is 7.40. The summed E-state index contributed by atoms with van der Waals surface area (Å²) in [6, 6.07) is -1.80. The Bertz CT molecular complexity index is 368. The number of nitrogens with zero attached hydrogens (tertiary/aromatic N) is 4. The lowest BCUT2D eigenvalue weighted by molar-refractivity contribution is 0.629. The third-order valence-corrected chi connectivity index (χ3v) is 15.6. The van der Waals surface area contributed by atoms with E-state index in [2.05, 4.69) is 18.7 Å². The Morgan fingerprint density at radius 3 is 1.53 bits per heavy atom. The molecule has 0 aliphatic carbocycles. The van der Waals surface area contributed by atoms with Gasteiger partial charge in [0.05, 0.1) is 0 Å². The standard InChI is InChI=1S/C6H12N4P2S3/c1-7-5(13)9(3)12(15)10(4)6(14)8(2)11(7)12/h1-4H3. The number of rotatable bonds is 0. The topological polar surface area (TPSA) is 13.0 Å². The van der Waals surface area contributed by atoms with E-state index < -0.39 is 13.9 Å². The first-order valence-corrected chi connectivity index (χ1v) is 9.75. The molecule has 15 heavy (non-hydrogen) atoms. The summed E-state index contributed by atoms with van der Waals surface area (Å²) in [5.74, 6) is 0. The highest BCUT2D eigenvalue weighted by Crippen LogP contribution is 2.88. The van der Waals surface area contributed by atoms with Gasteiger partial charge in [0.15, 0.2) is 24.2 Å². The van der Waals surface area contributed by atoms with Crippen LogP contribution in [-0.4, -0.2) is 57.1 Å². The molecule has 0 spiro atoms. The van der Waals surface area contributed by atoms with Crippen LogP contribution in [0.4, 0.5) is 0 Å². The number of hydrogen-bond donors (Lipinski definition) is 0. The van der Waals surface area contributed by atoms with Crippen LogP contribution in [-0.2, 0) is 11.8 Å². The second-order valence-electron chi connectivity index (χ2n) is 3.44. The molecule has 9 heteroatoms. The van der Waals surface area contributed by atoms with Gasteiger partial charge >= 0.3 is 0 Å². The zero-order valence-corrected chi connectivity index (χ0v) is 13.1. The molecule has 0 unspecified atom stereocenters. The summed E-state index contributed by atoms with van der Waals surface area (Å²) < 4.78 is 8.36. The molecule has 2 aliphatic rings. The highest BCUT2D eigenvalue weighted by Gasteiger charge is 2.57. The van der Waals surface area contributed by atoms with Gasteiger partial charge in [-0.15, -0.1) is 0 Å². The summed E-state index contributed by atoms with van der Waals surface area (Å²) in [6.07, 6.45) is 0. The van der Waals surface area contributed by atoms with Gasteiger partial charge in [-0.1, -0.05) is 0 Å². The van der Waals surface area contributed by atoms with Crippen LogP contribution in [0.15, 0.2) is 0 Å². The maximum Gasteiger partial charge on any atom is 0.190 e. The fraction of sp³-hybridized carbons (Fsp3) is 0.667. The van der Waals surface area contributed by atoms with Gasteiger partial charge in [-0.05, 0) is 36.2 Å². The molecule has 2 heterocycles. The average Bonchev–Trinajstić information content (AvgIpc) is 2.48. The molecule has 0 aromatic carbocycles. The van der Waals surface area contributed by atoms with Crippen molar-refractivity contribution in [3.63, 3.8) is 0 Å². The SMILES string of the molecule is CN1C(=S)N(C)P2(=S)N(C)C(=S)N(C)P12. The molecule has 0 bridgehead atoms. The zero-order chi connectivity index (χ0) is 11.5. The number of fused-ring (bicyclic) bond motifs is 1. The van der Waals surface area contributed by atoms with E-state index in [9.17, 15) is 0 Å². The minimum absolute atomic E-state index is 0.593. The minimum atomic E-state index is -1.80. The molecule has 0 N–H and O–H groups in total. The molecule has 4 nitrogen and oxygen atoms in total. The van der Waals surface area contributed by atoms with Crippen molar-refractivity contribution >= 4 is 60.4 Å². The van der Waals surface area contributed by atoms with Crippen molar-refractivity contribution in [2.24, 2.45) is 0 Å². The molecule has 84 valence electrons. The number of hydrogen-bond acceptors (Lipinski definition) is 3. The molecular formula is C6H12N4P2S3. The van der Waals surface area contributed by atoms with Gasteiger partial charge in [0, 0.05) is 28.2 Å². The first-order chi connectivity index (χ1) is 6.83. The summed E-state index contributed by atoms with van der Waals surface area (Å²) in [4.78, 5) is 0. The summed E-state index contributed by atoms with van der Waals surface area (Å²) in [6.45, 7) is 0. The third-order valence-electron chi connectivity index (χ3n) is 2.66. The van der Waals surface area contributed by atoms with Crippen LogP contribution in [0.1, 0.15) is 0 Å². The van der Waals surface area contributed by atoms with Gasteiger partial charge in [0.2, 0.25) is 0 Å². The van der Waals surface area contributed by atoms with Gasteiger partial charge < -0.3 is 18.7 Å². The van der Waals surface area contributed by atoms with E-state index >= 15 is 0 Å². The molecule has 0 atom stereocenters. The highest BCUT2D eigenvalue weighted by atomic mass is 32.6. The van der Waals surface area contributed by atoms with Crippen LogP contribution in [0.2, 0.25) is 0 Å². The predicted molar refractivity (Wildman–Crippen MR) is 77.5 cm³/mol. The Hall–Kier alpha value is 0.460. The van der Waals surface area contributed by atoms with Crippen molar-refractivity contribution in [1.82, 2.24) is 18.7 Å². The lowest BCUT2D eigenvalue weighted by Gasteiger charge is -2.28. The summed E-state index contributed by atoms with van der Waals surface area (Å²) in [5.41, 5.74) is 0. The van der Waals surface area contributed by atoms with Gasteiger partial charge in [-0.2, -0.15) is 0 Å². The van der Waals surface area contributed by atoms with Crippen LogP contribution in [0.3, 0.4) is 0 Å². The van der Waals surface area contributed by atoms with Crippen LogP contribution < -0.4 is 0 Å². The van der Waals surface area contributed by atoms with Crippen molar-refractivity contribution in [3.05, 3.63) is 0 Å². The monoisotopic (exact) mass is 298 g/mol. The van der Waals surface area contributed by atoms with Crippen LogP contribution in [0.5, 0.6) is 0 Å². The average molecular weight is 298 g/mol. The number of thiocarbonyl (C=S) groups is 2. The fourth-order valence-corrected chi connectivity index (χ4v) is 14.4. The largest absolute Gasteiger partial charge is 0.307 e. The Kier molecular flexibility index (Phi) is 2.76. The predicted octanol–water partition coefficient (Wildman–Crippen LogP) is 1.85. The van der Waals surface area contributed by atoms with E-state index in [4.69, 9.17) is 36.2 Å². The minimum Gasteiger partial charge on any atom is -0.307 e. The molecule has 0 saturated carbocycles. The second-order valence-corrected chi connectivity index (χ2v) is 13.2. The van der Waals surface area contributed by atoms with Crippen molar-refractivity contribution < 1.29 is 0 Å². The molecule has 2 aliphatic heterocycles. The van der Waals surface area contributed by atoms with Crippen LogP contribution >= 0.6 is 38.4 Å². The van der Waals surface area contributed by atoms with Crippen molar-refractivity contribution in [2.75, 3.05) is 28.2 Å². The Morgan fingerprint density at radius 1 is 0.933 bits per heavy atom. The van der Waals surface area contributed by atoms with Crippen molar-refractivity contribution in [3.8, 4) is 0 Å². The van der Waals surface area contributed by atoms with Crippen molar-refractivity contribution in [1.29, 1.82) is 0 Å². The molecule has 2 rings (SSSR count). The lowest BCUT2D eigenvalue weighted by Crippen LogP contribution is -2.34. The second kappa shape index (κ2) is 3.47. The van der Waals surface area contributed by atoms with E-state index in [1.165, 1.54) is 0 Å². The molecular weight excluding hydrogens is 286 g/mol. The fourth-order valence-electron chi connectivity index (χ4n) is 1.79. The van der Waals surface area contributed by atoms with E-state index in [0.29, 0.717) is 0 Å². The van der Waals surface area contributed by atoms with Crippen LogP contribution in [0, 0.1) is 0 Å². The van der Waals surface area contributed by atoms with E-state index in [-0.39, 0.29) is 0 Å². The molecule has 2 fully saturated rings. The smallest absolute Gasteiger partial charge is 0.190 e. The maximum atomic E-state index is 5.84. The van der Waals surface area contributed by atoms with E-state index in [0.717, 1.165) is 10.2 Å². The highest BCUT2D eigenvalue weighted by molar-refractivity contribution is 8.51. The lowest BCUT2D eigenvalue weighted by atomic mass is 11.0. The normalized spacial score (nSPS) is 35.6. The first kappa shape index (κ1) is 11.9. The van der Waals surface area contributed by atoms with E-state index in [1.54, 1.807) is 0 Å². The molecule has 0 radical (unpaired) electrons. The van der Waals surface area contributed by atoms with E-state index in [1.807, 2.05) is 28.2 Å². The summed E-state index contributed by atoms with van der Waals surface area (Å²) >= 11 is 16.6. The van der Waals surface area contributed by atoms with Gasteiger partial charge in [0.25, 0.3) is 0 Å². The van der Waals surface area contributed by atoms with Gasteiger partial charge in [0.1, 0.15) is 0 Å². The molecule has 0 aromatic heterocycles. The Balaban J connectivity index is 2.58. The quantitative estimate of drug-likeness (QED) is 0.493. The van der Waals surface area contributed by atoms with Gasteiger partial charge in [-0.3, -0.25) is 0 Å². The molecule has 0 amide bonds. The van der Waals surface area contributed by atoms with Crippen molar-refractivity contribution in [2.45, 2.75) is 0 Å². The zero-order valence-electron chi connectivity index (χ0n) is 8.91.